The largest absolute Gasteiger partial charge is 0.311 e. The molecule has 0 spiro atoms. The Morgan fingerprint density at radius 1 is 0.254 bits per heavy atom. The van der Waals surface area contributed by atoms with Crippen LogP contribution >= 0.6 is 0 Å². The average molecular weight is 806 g/mol. The maximum Gasteiger partial charge on any atom is 0.0645 e. The minimum atomic E-state index is -0.132. The summed E-state index contributed by atoms with van der Waals surface area (Å²) in [5, 5.41) is 4.63. The Bertz CT molecular complexity index is 3560. The molecule has 0 fully saturated rings. The van der Waals surface area contributed by atoms with Crippen molar-refractivity contribution >= 4 is 38.6 Å². The zero-order valence-corrected chi connectivity index (χ0v) is 34.5. The van der Waals surface area contributed by atoms with Crippen LogP contribution in [-0.2, 0) is 0 Å². The molecule has 0 aromatic heterocycles. The summed E-state index contributed by atoms with van der Waals surface area (Å²) in [5.74, 6) is 0. The molecule has 1 nitrogen and oxygen atoms in total. The van der Waals surface area contributed by atoms with Crippen LogP contribution in [0.25, 0.3) is 88.3 Å². The summed E-state index contributed by atoms with van der Waals surface area (Å²) in [6.07, 6.45) is 0. The van der Waals surface area contributed by atoms with Crippen molar-refractivity contribution in [2.45, 2.75) is 0 Å². The molecule has 0 atom stereocenters. The van der Waals surface area contributed by atoms with Gasteiger partial charge in [0.2, 0.25) is 0 Å². The molecule has 0 heterocycles. The Morgan fingerprint density at radius 3 is 1.35 bits per heavy atom. The molecule has 0 radical (unpaired) electrons. The van der Waals surface area contributed by atoms with Crippen LogP contribution in [0.4, 0.5) is 17.1 Å². The summed E-state index contributed by atoms with van der Waals surface area (Å²) in [6.45, 7) is 0. The quantitative estimate of drug-likeness (QED) is 0.140. The Morgan fingerprint density at radius 2 is 0.714 bits per heavy atom. The normalized spacial score (nSPS) is 12.1. The van der Waals surface area contributed by atoms with Gasteiger partial charge in [-0.15, -0.1) is 0 Å². The van der Waals surface area contributed by atoms with E-state index in [9.17, 15) is 5.48 Å². The first-order chi connectivity index (χ1) is 32.9. The van der Waals surface area contributed by atoms with E-state index < -0.39 is 0 Å². The molecule has 0 aliphatic heterocycles. The minimum absolute atomic E-state index is 0.111. The highest BCUT2D eigenvalue weighted by atomic mass is 15.1. The van der Waals surface area contributed by atoms with Gasteiger partial charge in [0.1, 0.15) is 0 Å². The van der Waals surface area contributed by atoms with Crippen LogP contribution in [0.2, 0.25) is 0 Å². The molecule has 0 bridgehead atoms. The topological polar surface area (TPSA) is 3.24 Å². The van der Waals surface area contributed by atoms with Crippen LogP contribution in [0.1, 0.15) is 5.48 Å². The van der Waals surface area contributed by atoms with Crippen LogP contribution in [-0.4, -0.2) is 0 Å². The van der Waals surface area contributed by atoms with Crippen molar-refractivity contribution < 1.29 is 5.48 Å². The molecule has 11 rings (SSSR count). The minimum Gasteiger partial charge on any atom is -0.311 e. The van der Waals surface area contributed by atoms with Crippen molar-refractivity contribution in [3.63, 3.8) is 0 Å². The lowest BCUT2D eigenvalue weighted by atomic mass is 9.90. The fourth-order valence-electron chi connectivity index (χ4n) is 8.88. The number of hydrogen-bond acceptors (Lipinski definition) is 1. The second kappa shape index (κ2) is 16.7. The van der Waals surface area contributed by atoms with Crippen molar-refractivity contribution in [1.29, 1.82) is 0 Å². The van der Waals surface area contributed by atoms with Crippen LogP contribution in [0.5, 0.6) is 0 Å². The third-order valence-corrected chi connectivity index (χ3v) is 12.0. The highest BCUT2D eigenvalue weighted by Gasteiger charge is 2.17. The van der Waals surface area contributed by atoms with Gasteiger partial charge in [0.15, 0.2) is 0 Å². The van der Waals surface area contributed by atoms with Gasteiger partial charge in [-0.25, -0.2) is 0 Å². The molecule has 0 saturated heterocycles. The number of rotatable bonds is 9. The number of hydrogen-bond donors (Lipinski definition) is 0. The fraction of sp³-hybridized carbons (Fsp3) is 0. The molecule has 0 amide bonds. The number of benzene rings is 11. The second-order valence-corrected chi connectivity index (χ2v) is 15.7. The van der Waals surface area contributed by atoms with E-state index in [1.807, 2.05) is 95.9 Å². The Labute approximate surface area is 375 Å². The lowest BCUT2D eigenvalue weighted by Crippen LogP contribution is -2.09. The van der Waals surface area contributed by atoms with Crippen LogP contribution in [0.15, 0.2) is 261 Å². The summed E-state index contributed by atoms with van der Waals surface area (Å²) in [5.41, 5.74) is 13.0. The number of fused-ring (bicyclic) bond motifs is 2. The van der Waals surface area contributed by atoms with E-state index in [4.69, 9.17) is 0 Å². The second-order valence-electron chi connectivity index (χ2n) is 15.7. The molecule has 11 aromatic rings. The van der Waals surface area contributed by atoms with Crippen LogP contribution < -0.4 is 4.90 Å². The van der Waals surface area contributed by atoms with Crippen molar-refractivity contribution in [2.24, 2.45) is 0 Å². The summed E-state index contributed by atoms with van der Waals surface area (Å²) in [6, 6.07) is 80.1. The molecule has 11 aromatic carbocycles. The Balaban J connectivity index is 1.07. The molecule has 0 aliphatic rings. The summed E-state index contributed by atoms with van der Waals surface area (Å²) >= 11 is 0. The van der Waals surface area contributed by atoms with E-state index in [1.54, 1.807) is 0 Å². The van der Waals surface area contributed by atoms with Gasteiger partial charge in [-0.05, 0) is 131 Å². The monoisotopic (exact) mass is 805 g/mol. The standard InChI is InChI=1S/C62H43N/c1-4-15-45(16-5-1)58-41-34-52(43-61(58)47-17-6-2-7-18-47)44-27-35-53(36-28-44)63(54-37-29-49(30-38-54)57-26-14-23-46-19-10-12-24-56(46)57)55-39-31-50(32-40-55)60-42-33-48-20-11-13-25-59(48)62(60)51-21-8-3-9-22-51/h1-43H/i27D,28D,35D,36D. The Kier molecular flexibility index (Phi) is 8.84. The molecule has 0 saturated carbocycles. The zero-order chi connectivity index (χ0) is 45.4. The molecule has 0 N–H and O–H groups in total. The van der Waals surface area contributed by atoms with Gasteiger partial charge in [-0.3, -0.25) is 0 Å². The smallest absolute Gasteiger partial charge is 0.0645 e. The summed E-state index contributed by atoms with van der Waals surface area (Å²) in [7, 11) is 0. The maximum atomic E-state index is 9.76. The molecular formula is C62H43N. The van der Waals surface area contributed by atoms with Gasteiger partial charge in [-0.1, -0.05) is 218 Å². The van der Waals surface area contributed by atoms with Crippen molar-refractivity contribution in [3.05, 3.63) is 261 Å². The lowest BCUT2D eigenvalue weighted by molar-refractivity contribution is 1.28. The third-order valence-electron chi connectivity index (χ3n) is 12.0. The van der Waals surface area contributed by atoms with Gasteiger partial charge in [0, 0.05) is 17.1 Å². The highest BCUT2D eigenvalue weighted by Crippen LogP contribution is 2.42. The van der Waals surface area contributed by atoms with Gasteiger partial charge in [-0.2, -0.15) is 0 Å². The molecule has 296 valence electrons. The maximum absolute atomic E-state index is 9.76. The fourth-order valence-corrected chi connectivity index (χ4v) is 8.88. The highest BCUT2D eigenvalue weighted by molar-refractivity contribution is 6.04. The Hall–Kier alpha value is -8.26. The molecule has 1 heteroatoms. The third kappa shape index (κ3) is 7.37. The average Bonchev–Trinajstić information content (AvgIpc) is 3.40. The SMILES string of the molecule is [2H]c1c([2H])c(N(c2ccc(-c3ccc4ccccc4c3-c3ccccc3)cc2)c2ccc(-c3cccc4ccccc34)cc2)c([2H])c([2H])c1-c1ccc(-c2ccccc2)c(-c2ccccc2)c1. The van der Waals surface area contributed by atoms with E-state index in [-0.39, 0.29) is 35.4 Å². The van der Waals surface area contributed by atoms with E-state index >= 15 is 0 Å². The van der Waals surface area contributed by atoms with E-state index in [1.165, 1.54) is 0 Å². The van der Waals surface area contributed by atoms with Crippen molar-refractivity contribution in [1.82, 2.24) is 0 Å². The van der Waals surface area contributed by atoms with E-state index in [2.05, 4.69) is 146 Å². The summed E-state index contributed by atoms with van der Waals surface area (Å²) < 4.78 is 38.8. The van der Waals surface area contributed by atoms with E-state index in [0.717, 1.165) is 77.2 Å². The lowest BCUT2D eigenvalue weighted by Gasteiger charge is -2.26. The first-order valence-electron chi connectivity index (χ1n) is 23.3. The summed E-state index contributed by atoms with van der Waals surface area (Å²) in [4.78, 5) is 1.87. The predicted molar refractivity (Wildman–Crippen MR) is 269 cm³/mol. The molecule has 63 heavy (non-hydrogen) atoms. The number of nitrogens with zero attached hydrogens (tertiary/aromatic N) is 1. The van der Waals surface area contributed by atoms with Gasteiger partial charge in [0.25, 0.3) is 0 Å². The molecule has 0 aliphatic carbocycles. The first kappa shape index (κ1) is 33.5. The van der Waals surface area contributed by atoms with Crippen LogP contribution in [0, 0.1) is 0 Å². The van der Waals surface area contributed by atoms with E-state index in [0.29, 0.717) is 16.9 Å². The molecular weight excluding hydrogens is 759 g/mol. The first-order valence-corrected chi connectivity index (χ1v) is 21.3. The van der Waals surface area contributed by atoms with Gasteiger partial charge >= 0.3 is 0 Å². The van der Waals surface area contributed by atoms with Gasteiger partial charge in [0.05, 0.1) is 5.48 Å². The van der Waals surface area contributed by atoms with Crippen molar-refractivity contribution in [2.75, 3.05) is 4.90 Å². The van der Waals surface area contributed by atoms with Crippen LogP contribution in [0.3, 0.4) is 0 Å². The predicted octanol–water partition coefficient (Wildman–Crippen LogP) is 17.5. The van der Waals surface area contributed by atoms with Crippen molar-refractivity contribution in [3.8, 4) is 66.8 Å². The number of anilines is 3. The zero-order valence-electron chi connectivity index (χ0n) is 38.5. The molecule has 0 unspecified atom stereocenters. The van der Waals surface area contributed by atoms with Gasteiger partial charge < -0.3 is 4.90 Å².